The maximum atomic E-state index is 11.3. The van der Waals surface area contributed by atoms with E-state index in [0.29, 0.717) is 19.8 Å². The zero-order valence-corrected chi connectivity index (χ0v) is 8.41. The molecule has 1 fully saturated rings. The van der Waals surface area contributed by atoms with Gasteiger partial charge in [-0.15, -0.1) is 6.58 Å². The van der Waals surface area contributed by atoms with E-state index in [4.69, 9.17) is 10.5 Å². The van der Waals surface area contributed by atoms with Crippen LogP contribution in [0.2, 0.25) is 0 Å². The number of rotatable bonds is 5. The Bertz CT molecular complexity index is 274. The summed E-state index contributed by atoms with van der Waals surface area (Å²) >= 11 is 0. The molecule has 0 bridgehead atoms. The number of nitrogens with one attached hydrogen (secondary N) is 2. The van der Waals surface area contributed by atoms with Crippen molar-refractivity contribution in [2.24, 2.45) is 5.73 Å². The summed E-state index contributed by atoms with van der Waals surface area (Å²) in [5, 5.41) is 5.23. The van der Waals surface area contributed by atoms with Crippen molar-refractivity contribution in [1.29, 1.82) is 0 Å². The Morgan fingerprint density at radius 3 is 2.60 bits per heavy atom. The van der Waals surface area contributed by atoms with Crippen molar-refractivity contribution in [2.45, 2.75) is 12.0 Å². The Kier molecular flexibility index (Phi) is 3.68. The fraction of sp³-hybridized carbons (Fsp3) is 0.556. The molecule has 1 aliphatic heterocycles. The molecule has 0 unspecified atom stereocenters. The van der Waals surface area contributed by atoms with Crippen LogP contribution in [0.3, 0.4) is 0 Å². The summed E-state index contributed by atoms with van der Waals surface area (Å²) in [4.78, 5) is 22.1. The molecule has 0 atom stereocenters. The van der Waals surface area contributed by atoms with Crippen LogP contribution in [0.4, 0.5) is 4.79 Å². The van der Waals surface area contributed by atoms with Crippen molar-refractivity contribution in [3.63, 3.8) is 0 Å². The lowest BCUT2D eigenvalue weighted by Crippen LogP contribution is -2.65. The molecule has 4 N–H and O–H groups in total. The van der Waals surface area contributed by atoms with Gasteiger partial charge in [0.15, 0.2) is 0 Å². The molecule has 0 aliphatic carbocycles. The summed E-state index contributed by atoms with van der Waals surface area (Å²) in [6.07, 6.45) is 1.66. The maximum Gasteiger partial charge on any atom is 0.315 e. The van der Waals surface area contributed by atoms with E-state index in [0.717, 1.165) is 0 Å². The Morgan fingerprint density at radius 1 is 1.53 bits per heavy atom. The summed E-state index contributed by atoms with van der Waals surface area (Å²) in [5.74, 6) is -0.456. The number of urea groups is 1. The third-order valence-corrected chi connectivity index (χ3v) is 2.05. The van der Waals surface area contributed by atoms with Gasteiger partial charge >= 0.3 is 6.03 Å². The molecule has 3 amide bonds. The Hall–Kier alpha value is -1.56. The number of amides is 3. The molecule has 1 aliphatic rings. The van der Waals surface area contributed by atoms with Gasteiger partial charge in [0.2, 0.25) is 5.91 Å². The predicted octanol–water partition coefficient (Wildman–Crippen LogP) is -0.884. The molecule has 0 aromatic carbocycles. The number of primary amides is 1. The van der Waals surface area contributed by atoms with E-state index >= 15 is 0 Å². The lowest BCUT2D eigenvalue weighted by molar-refractivity contribution is -0.127. The van der Waals surface area contributed by atoms with Crippen LogP contribution in [-0.4, -0.2) is 37.2 Å². The highest BCUT2D eigenvalue weighted by molar-refractivity contribution is 5.79. The van der Waals surface area contributed by atoms with Crippen LogP contribution < -0.4 is 16.4 Å². The SMILES string of the molecule is C=CCNC(=O)NC1(CC(N)=O)COC1. The van der Waals surface area contributed by atoms with Crippen LogP contribution in [0.15, 0.2) is 12.7 Å². The van der Waals surface area contributed by atoms with E-state index in [1.165, 1.54) is 0 Å². The quantitative estimate of drug-likeness (QED) is 0.517. The van der Waals surface area contributed by atoms with Gasteiger partial charge in [0, 0.05) is 6.54 Å². The first kappa shape index (κ1) is 11.5. The zero-order chi connectivity index (χ0) is 11.3. The predicted molar refractivity (Wildman–Crippen MR) is 54.1 cm³/mol. The number of hydrogen-bond acceptors (Lipinski definition) is 3. The van der Waals surface area contributed by atoms with Gasteiger partial charge < -0.3 is 21.1 Å². The van der Waals surface area contributed by atoms with Gasteiger partial charge in [0.05, 0.1) is 25.2 Å². The van der Waals surface area contributed by atoms with Crippen molar-refractivity contribution in [3.05, 3.63) is 12.7 Å². The first-order valence-electron chi connectivity index (χ1n) is 4.61. The average Bonchev–Trinajstić information content (AvgIpc) is 2.10. The molecule has 15 heavy (non-hydrogen) atoms. The van der Waals surface area contributed by atoms with Gasteiger partial charge in [-0.2, -0.15) is 0 Å². The maximum absolute atomic E-state index is 11.3. The highest BCUT2D eigenvalue weighted by Crippen LogP contribution is 2.20. The summed E-state index contributed by atoms with van der Waals surface area (Å²) < 4.78 is 4.97. The van der Waals surface area contributed by atoms with Crippen molar-refractivity contribution in [2.75, 3.05) is 19.8 Å². The van der Waals surface area contributed by atoms with Crippen LogP contribution in [0.5, 0.6) is 0 Å². The third-order valence-electron chi connectivity index (χ3n) is 2.05. The van der Waals surface area contributed by atoms with Crippen LogP contribution >= 0.6 is 0 Å². The molecule has 0 aromatic rings. The topological polar surface area (TPSA) is 93.5 Å². The molecule has 0 spiro atoms. The Labute approximate surface area is 87.8 Å². The summed E-state index contributed by atoms with van der Waals surface area (Å²) in [6, 6.07) is -0.348. The molecule has 0 radical (unpaired) electrons. The number of carbonyl (C=O) groups is 2. The molecular formula is C9H15N3O3. The normalized spacial score (nSPS) is 17.3. The lowest BCUT2D eigenvalue weighted by Gasteiger charge is -2.41. The second kappa shape index (κ2) is 4.79. The fourth-order valence-corrected chi connectivity index (χ4v) is 1.35. The minimum atomic E-state index is -0.628. The van der Waals surface area contributed by atoms with Gasteiger partial charge in [0.25, 0.3) is 0 Å². The second-order valence-corrected chi connectivity index (χ2v) is 3.54. The number of nitrogens with two attached hydrogens (primary N) is 1. The van der Waals surface area contributed by atoms with Crippen molar-refractivity contribution >= 4 is 11.9 Å². The van der Waals surface area contributed by atoms with Gasteiger partial charge in [-0.1, -0.05) is 6.08 Å². The third kappa shape index (κ3) is 3.25. The highest BCUT2D eigenvalue weighted by Gasteiger charge is 2.41. The standard InChI is InChI=1S/C9H15N3O3/c1-2-3-11-8(14)12-9(4-7(10)13)5-15-6-9/h2H,1,3-6H2,(H2,10,13)(H2,11,12,14). The van der Waals surface area contributed by atoms with Crippen molar-refractivity contribution < 1.29 is 14.3 Å². The highest BCUT2D eigenvalue weighted by atomic mass is 16.5. The average molecular weight is 213 g/mol. The largest absolute Gasteiger partial charge is 0.376 e. The summed E-state index contributed by atoms with van der Waals surface area (Å²) in [5.41, 5.74) is 4.45. The lowest BCUT2D eigenvalue weighted by atomic mass is 9.93. The number of hydrogen-bond donors (Lipinski definition) is 3. The molecule has 84 valence electrons. The van der Waals surface area contributed by atoms with E-state index in [2.05, 4.69) is 17.2 Å². The van der Waals surface area contributed by atoms with E-state index in [-0.39, 0.29) is 12.5 Å². The Balaban J connectivity index is 2.42. The monoisotopic (exact) mass is 213 g/mol. The molecular weight excluding hydrogens is 198 g/mol. The van der Waals surface area contributed by atoms with E-state index < -0.39 is 11.4 Å². The Morgan fingerprint density at radius 2 is 2.20 bits per heavy atom. The molecule has 1 saturated heterocycles. The van der Waals surface area contributed by atoms with Crippen molar-refractivity contribution in [1.82, 2.24) is 10.6 Å². The minimum absolute atomic E-state index is 0.0918. The van der Waals surface area contributed by atoms with Crippen molar-refractivity contribution in [3.8, 4) is 0 Å². The van der Waals surface area contributed by atoms with E-state index in [9.17, 15) is 9.59 Å². The van der Waals surface area contributed by atoms with Crippen LogP contribution in [0.1, 0.15) is 6.42 Å². The van der Waals surface area contributed by atoms with E-state index in [1.807, 2.05) is 0 Å². The first-order valence-corrected chi connectivity index (χ1v) is 4.61. The van der Waals surface area contributed by atoms with Gasteiger partial charge in [-0.05, 0) is 0 Å². The molecule has 1 rings (SSSR count). The summed E-state index contributed by atoms with van der Waals surface area (Å²) in [7, 11) is 0. The minimum Gasteiger partial charge on any atom is -0.376 e. The van der Waals surface area contributed by atoms with E-state index in [1.54, 1.807) is 6.08 Å². The molecule has 6 heteroatoms. The zero-order valence-electron chi connectivity index (χ0n) is 8.41. The first-order chi connectivity index (χ1) is 7.08. The van der Waals surface area contributed by atoms with Crippen LogP contribution in [0.25, 0.3) is 0 Å². The van der Waals surface area contributed by atoms with Crippen LogP contribution in [-0.2, 0) is 9.53 Å². The smallest absolute Gasteiger partial charge is 0.315 e. The molecule has 1 heterocycles. The van der Waals surface area contributed by atoms with Gasteiger partial charge in [-0.25, -0.2) is 4.79 Å². The fourth-order valence-electron chi connectivity index (χ4n) is 1.35. The second-order valence-electron chi connectivity index (χ2n) is 3.54. The molecule has 0 saturated carbocycles. The van der Waals surface area contributed by atoms with Gasteiger partial charge in [-0.3, -0.25) is 4.79 Å². The molecule has 6 nitrogen and oxygen atoms in total. The molecule has 0 aromatic heterocycles. The van der Waals surface area contributed by atoms with Gasteiger partial charge in [0.1, 0.15) is 0 Å². The number of carbonyl (C=O) groups excluding carboxylic acids is 2. The number of ether oxygens (including phenoxy) is 1. The summed E-state index contributed by atoms with van der Waals surface area (Å²) in [6.45, 7) is 4.48. The van der Waals surface area contributed by atoms with Crippen LogP contribution in [0, 0.1) is 0 Å².